The fraction of sp³-hybridized carbons (Fsp3) is 0.290. The summed E-state index contributed by atoms with van der Waals surface area (Å²) in [5.41, 5.74) is 1.98. The zero-order valence-electron chi connectivity index (χ0n) is 23.1. The molecule has 1 aliphatic rings. The summed E-state index contributed by atoms with van der Waals surface area (Å²) in [6.07, 6.45) is -1.55. The van der Waals surface area contributed by atoms with Gasteiger partial charge < -0.3 is 16.0 Å². The first-order chi connectivity index (χ1) is 19.4. The van der Waals surface area contributed by atoms with Crippen molar-refractivity contribution < 1.29 is 22.8 Å². The van der Waals surface area contributed by atoms with Crippen LogP contribution in [0.5, 0.6) is 0 Å². The molecule has 0 unspecified atom stereocenters. The Balaban J connectivity index is 1.45. The third-order valence-corrected chi connectivity index (χ3v) is 7.60. The molecule has 41 heavy (non-hydrogen) atoms. The lowest BCUT2D eigenvalue weighted by molar-refractivity contribution is -0.137. The number of hydrogen-bond donors (Lipinski definition) is 3. The largest absolute Gasteiger partial charge is 0.416 e. The van der Waals surface area contributed by atoms with E-state index in [1.807, 2.05) is 39.0 Å². The fourth-order valence-electron chi connectivity index (χ4n) is 5.46. The van der Waals surface area contributed by atoms with Crippen LogP contribution < -0.4 is 16.0 Å². The number of benzene rings is 3. The maximum atomic E-state index is 13.5. The maximum absolute atomic E-state index is 13.5. The van der Waals surface area contributed by atoms with E-state index in [2.05, 4.69) is 25.9 Å². The van der Waals surface area contributed by atoms with E-state index in [0.29, 0.717) is 24.7 Å². The Labute approximate surface area is 235 Å². The van der Waals surface area contributed by atoms with Crippen LogP contribution in [-0.4, -0.2) is 28.8 Å². The van der Waals surface area contributed by atoms with E-state index < -0.39 is 23.1 Å². The molecule has 1 aliphatic carbocycles. The molecular weight excluding hydrogens is 531 g/mol. The van der Waals surface area contributed by atoms with E-state index in [9.17, 15) is 22.8 Å². The summed E-state index contributed by atoms with van der Waals surface area (Å²) in [6.45, 7) is 5.78. The molecule has 1 heterocycles. The number of rotatable bonds is 6. The quantitative estimate of drug-likeness (QED) is 0.230. The summed E-state index contributed by atoms with van der Waals surface area (Å²) in [4.78, 5) is 35.0. The molecule has 1 aromatic heterocycles. The summed E-state index contributed by atoms with van der Waals surface area (Å²) < 4.78 is 40.6. The highest BCUT2D eigenvalue weighted by molar-refractivity contribution is 6.08. The minimum atomic E-state index is -4.62. The fourth-order valence-corrected chi connectivity index (χ4v) is 5.46. The number of carbonyl (C=O) groups is 2. The highest BCUT2D eigenvalue weighted by Crippen LogP contribution is 2.46. The van der Waals surface area contributed by atoms with Gasteiger partial charge in [0.1, 0.15) is 0 Å². The van der Waals surface area contributed by atoms with Crippen molar-refractivity contribution in [1.82, 2.24) is 9.97 Å². The lowest BCUT2D eigenvalue weighted by Crippen LogP contribution is -2.43. The zero-order valence-corrected chi connectivity index (χ0v) is 23.1. The number of nitrogens with one attached hydrogen (secondary N) is 3. The van der Waals surface area contributed by atoms with Gasteiger partial charge in [-0.2, -0.15) is 13.2 Å². The number of anilines is 3. The number of aryl methyl sites for hydroxylation is 1. The van der Waals surface area contributed by atoms with Gasteiger partial charge in [-0.25, -0.2) is 9.97 Å². The second kappa shape index (κ2) is 10.5. The molecule has 0 bridgehead atoms. The van der Waals surface area contributed by atoms with Gasteiger partial charge in [0.2, 0.25) is 11.9 Å². The van der Waals surface area contributed by atoms with Crippen LogP contribution in [-0.2, 0) is 11.0 Å². The molecule has 2 amide bonds. The Morgan fingerprint density at radius 3 is 2.41 bits per heavy atom. The zero-order chi connectivity index (χ0) is 29.5. The second-order valence-corrected chi connectivity index (χ2v) is 11.0. The summed E-state index contributed by atoms with van der Waals surface area (Å²) in [5, 5.41) is 9.06. The third-order valence-electron chi connectivity index (χ3n) is 7.60. The van der Waals surface area contributed by atoms with Crippen LogP contribution >= 0.6 is 0 Å². The van der Waals surface area contributed by atoms with Crippen molar-refractivity contribution in [2.45, 2.75) is 39.8 Å². The minimum Gasteiger partial charge on any atom is -0.357 e. The van der Waals surface area contributed by atoms with E-state index >= 15 is 0 Å². The Morgan fingerprint density at radius 1 is 0.976 bits per heavy atom. The normalized spacial score (nSPS) is 18.5. The van der Waals surface area contributed by atoms with E-state index in [-0.39, 0.29) is 22.8 Å². The Bertz CT molecular complexity index is 1660. The summed E-state index contributed by atoms with van der Waals surface area (Å²) in [5.74, 6) is 0.00810. The molecular formula is C31H30F3N5O2. The molecule has 212 valence electrons. The SMILES string of the molecule is CNc1ncc2cc(-c3cc(C(=O)Nc4cc(C(F)(F)F)ccc4NC(=O)C4(C)CC(C)C4)ccc3C)ccc2n1. The molecule has 3 N–H and O–H groups in total. The molecule has 0 spiro atoms. The Morgan fingerprint density at radius 2 is 1.73 bits per heavy atom. The van der Waals surface area contributed by atoms with Gasteiger partial charge in [-0.05, 0) is 84.8 Å². The molecule has 1 fully saturated rings. The first kappa shape index (κ1) is 28.1. The summed E-state index contributed by atoms with van der Waals surface area (Å²) >= 11 is 0. The number of aromatic nitrogens is 2. The van der Waals surface area contributed by atoms with Crippen molar-refractivity contribution in [2.75, 3.05) is 23.0 Å². The topological polar surface area (TPSA) is 96.0 Å². The van der Waals surface area contributed by atoms with Crippen molar-refractivity contribution in [3.63, 3.8) is 0 Å². The van der Waals surface area contributed by atoms with Crippen LogP contribution in [0.25, 0.3) is 22.0 Å². The van der Waals surface area contributed by atoms with Crippen molar-refractivity contribution in [3.05, 3.63) is 77.5 Å². The highest BCUT2D eigenvalue weighted by Gasteiger charge is 2.44. The molecule has 0 aliphatic heterocycles. The third kappa shape index (κ3) is 5.73. The molecule has 7 nitrogen and oxygen atoms in total. The van der Waals surface area contributed by atoms with Gasteiger partial charge in [0.25, 0.3) is 5.91 Å². The number of alkyl halides is 3. The van der Waals surface area contributed by atoms with E-state index in [1.165, 1.54) is 6.07 Å². The standard InChI is InChI=1S/C31H30F3N5O2/c1-17-14-30(3,15-17)28(41)38-25-10-8-22(31(32,33)34)13-26(25)37-27(40)20-6-5-18(2)23(12-20)19-7-9-24-21(11-19)16-36-29(35-4)39-24/h5-13,16-17H,14-15H2,1-4H3,(H,37,40)(H,38,41)(H,35,36,39). The van der Waals surface area contributed by atoms with Crippen LogP contribution in [0.2, 0.25) is 0 Å². The van der Waals surface area contributed by atoms with E-state index in [0.717, 1.165) is 39.7 Å². The number of nitrogens with zero attached hydrogens (tertiary/aromatic N) is 2. The first-order valence-electron chi connectivity index (χ1n) is 13.3. The van der Waals surface area contributed by atoms with Crippen LogP contribution in [0.15, 0.2) is 60.8 Å². The van der Waals surface area contributed by atoms with Crippen LogP contribution in [0, 0.1) is 18.3 Å². The van der Waals surface area contributed by atoms with Gasteiger partial charge in [-0.15, -0.1) is 0 Å². The van der Waals surface area contributed by atoms with Crippen molar-refractivity contribution in [3.8, 4) is 11.1 Å². The molecule has 1 saturated carbocycles. The smallest absolute Gasteiger partial charge is 0.357 e. The average molecular weight is 562 g/mol. The molecule has 3 aromatic carbocycles. The number of hydrogen-bond acceptors (Lipinski definition) is 5. The average Bonchev–Trinajstić information content (AvgIpc) is 2.92. The maximum Gasteiger partial charge on any atom is 0.416 e. The molecule has 0 atom stereocenters. The van der Waals surface area contributed by atoms with Crippen molar-refractivity contribution in [2.24, 2.45) is 11.3 Å². The molecule has 10 heteroatoms. The van der Waals surface area contributed by atoms with Crippen LogP contribution in [0.4, 0.5) is 30.5 Å². The first-order valence-corrected chi connectivity index (χ1v) is 13.3. The van der Waals surface area contributed by atoms with Crippen LogP contribution in [0.1, 0.15) is 48.2 Å². The van der Waals surface area contributed by atoms with E-state index in [1.54, 1.807) is 31.4 Å². The predicted molar refractivity (Wildman–Crippen MR) is 154 cm³/mol. The van der Waals surface area contributed by atoms with Gasteiger partial charge in [-0.3, -0.25) is 9.59 Å². The number of halogens is 3. The number of fused-ring (bicyclic) bond motifs is 1. The summed E-state index contributed by atoms with van der Waals surface area (Å²) in [7, 11) is 1.74. The van der Waals surface area contributed by atoms with Crippen LogP contribution in [0.3, 0.4) is 0 Å². The Hall–Kier alpha value is -4.47. The lowest BCUT2D eigenvalue weighted by atomic mass is 9.63. The molecule has 5 rings (SSSR count). The molecule has 0 saturated heterocycles. The minimum absolute atomic E-state index is 0.111. The van der Waals surface area contributed by atoms with Crippen molar-refractivity contribution in [1.29, 1.82) is 0 Å². The lowest BCUT2D eigenvalue weighted by Gasteiger charge is -2.42. The number of amides is 2. The van der Waals surface area contributed by atoms with Gasteiger partial charge in [0, 0.05) is 29.6 Å². The predicted octanol–water partition coefficient (Wildman–Crippen LogP) is 7.29. The summed E-state index contributed by atoms with van der Waals surface area (Å²) in [6, 6.07) is 13.7. The van der Waals surface area contributed by atoms with Gasteiger partial charge in [0.15, 0.2) is 0 Å². The van der Waals surface area contributed by atoms with Gasteiger partial charge in [-0.1, -0.05) is 26.0 Å². The Kier molecular flexibility index (Phi) is 7.19. The van der Waals surface area contributed by atoms with E-state index in [4.69, 9.17) is 0 Å². The van der Waals surface area contributed by atoms with Crippen molar-refractivity contribution >= 4 is 40.0 Å². The second-order valence-electron chi connectivity index (χ2n) is 11.0. The monoisotopic (exact) mass is 561 g/mol. The highest BCUT2D eigenvalue weighted by atomic mass is 19.4. The molecule has 0 radical (unpaired) electrons. The molecule has 4 aromatic rings. The van der Waals surface area contributed by atoms with Gasteiger partial charge in [0.05, 0.1) is 22.5 Å². The number of carbonyl (C=O) groups excluding carboxylic acids is 2. The van der Waals surface area contributed by atoms with Gasteiger partial charge >= 0.3 is 6.18 Å².